The fourth-order valence-electron chi connectivity index (χ4n) is 2.11. The lowest BCUT2D eigenvalue weighted by Gasteiger charge is -2.21. The third kappa shape index (κ3) is 1.47. The van der Waals surface area contributed by atoms with Crippen molar-refractivity contribution in [3.8, 4) is 0 Å². The van der Waals surface area contributed by atoms with Gasteiger partial charge >= 0.3 is 7.07 Å². The molecule has 0 bridgehead atoms. The zero-order valence-corrected chi connectivity index (χ0v) is 9.70. The van der Waals surface area contributed by atoms with E-state index in [0.717, 1.165) is 0 Å². The first kappa shape index (κ1) is 9.33. The van der Waals surface area contributed by atoms with Crippen molar-refractivity contribution in [2.75, 3.05) is 0 Å². The van der Waals surface area contributed by atoms with Crippen LogP contribution in [0.2, 0.25) is 0 Å². The van der Waals surface area contributed by atoms with Crippen LogP contribution in [0, 0.1) is 0 Å². The molecule has 74 valence electrons. The molecule has 0 saturated heterocycles. The van der Waals surface area contributed by atoms with E-state index >= 15 is 0 Å². The molecule has 1 nitrogen and oxygen atoms in total. The number of benzene rings is 1. The van der Waals surface area contributed by atoms with Gasteiger partial charge < -0.3 is 0 Å². The standard InChI is InChI=1S/C12H10ClNP/c13-15-12-8-4-2-6-10(12)9-5-1-3-7-11(9)14-15/h1-9,11H/q+1. The monoisotopic (exact) mass is 234 g/mol. The molecule has 0 amide bonds. The van der Waals surface area contributed by atoms with E-state index in [1.807, 2.05) is 6.07 Å². The molecule has 2 aliphatic rings. The van der Waals surface area contributed by atoms with Gasteiger partial charge in [0, 0.05) is 11.5 Å². The molecule has 3 unspecified atom stereocenters. The minimum Gasteiger partial charge on any atom is -0.0785 e. The molecule has 3 rings (SSSR count). The molecule has 0 spiro atoms. The second-order valence-electron chi connectivity index (χ2n) is 3.72. The second-order valence-corrected chi connectivity index (χ2v) is 5.91. The van der Waals surface area contributed by atoms with Gasteiger partial charge in [-0.2, -0.15) is 0 Å². The first-order valence-electron chi connectivity index (χ1n) is 4.97. The van der Waals surface area contributed by atoms with Crippen LogP contribution in [0.1, 0.15) is 11.5 Å². The summed E-state index contributed by atoms with van der Waals surface area (Å²) in [6.07, 6.45) is 8.50. The predicted molar refractivity (Wildman–Crippen MR) is 66.1 cm³/mol. The first-order valence-corrected chi connectivity index (χ1v) is 7.17. The van der Waals surface area contributed by atoms with E-state index in [0.29, 0.717) is 5.92 Å². The van der Waals surface area contributed by atoms with Gasteiger partial charge in [-0.25, -0.2) is 0 Å². The Kier molecular flexibility index (Phi) is 2.23. The van der Waals surface area contributed by atoms with E-state index in [2.05, 4.69) is 47.2 Å². The van der Waals surface area contributed by atoms with Gasteiger partial charge in [0.2, 0.25) is 0 Å². The number of nitrogens with zero attached hydrogens (tertiary/aromatic N) is 1. The Balaban J connectivity index is 2.20. The van der Waals surface area contributed by atoms with Crippen molar-refractivity contribution in [1.82, 2.24) is 0 Å². The number of hydrogen-bond acceptors (Lipinski definition) is 1. The molecule has 1 aliphatic carbocycles. The third-order valence-electron chi connectivity index (χ3n) is 2.84. The van der Waals surface area contributed by atoms with Crippen LogP contribution < -0.4 is 5.30 Å². The van der Waals surface area contributed by atoms with Gasteiger partial charge in [0.05, 0.1) is 0 Å². The highest BCUT2D eigenvalue weighted by Gasteiger charge is 2.35. The maximum atomic E-state index is 6.31. The Morgan fingerprint density at radius 3 is 2.87 bits per heavy atom. The highest BCUT2D eigenvalue weighted by Crippen LogP contribution is 2.43. The lowest BCUT2D eigenvalue weighted by molar-refractivity contribution is 0.721. The summed E-state index contributed by atoms with van der Waals surface area (Å²) in [4.78, 5) is 0. The highest BCUT2D eigenvalue weighted by molar-refractivity contribution is 7.82. The molecule has 1 aliphatic heterocycles. The Hall–Kier alpha value is -0.910. The van der Waals surface area contributed by atoms with Crippen LogP contribution in [-0.4, -0.2) is 6.04 Å². The zero-order chi connectivity index (χ0) is 10.3. The maximum absolute atomic E-state index is 6.31. The largest absolute Gasteiger partial charge is 0.357 e. The minimum atomic E-state index is -0.839. The molecule has 0 radical (unpaired) electrons. The van der Waals surface area contributed by atoms with E-state index in [-0.39, 0.29) is 6.04 Å². The maximum Gasteiger partial charge on any atom is 0.357 e. The molecule has 3 atom stereocenters. The van der Waals surface area contributed by atoms with Crippen LogP contribution >= 0.6 is 18.3 Å². The van der Waals surface area contributed by atoms with Gasteiger partial charge in [-0.3, -0.25) is 0 Å². The van der Waals surface area contributed by atoms with Gasteiger partial charge in [-0.15, -0.1) is 0 Å². The quantitative estimate of drug-likeness (QED) is 0.607. The van der Waals surface area contributed by atoms with Crippen LogP contribution in [0.25, 0.3) is 0 Å². The van der Waals surface area contributed by atoms with Crippen LogP contribution in [-0.2, 0) is 0 Å². The van der Waals surface area contributed by atoms with Crippen molar-refractivity contribution in [1.29, 1.82) is 0 Å². The summed E-state index contributed by atoms with van der Waals surface area (Å²) >= 11 is 6.31. The van der Waals surface area contributed by atoms with Crippen molar-refractivity contribution < 1.29 is 0 Å². The number of rotatable bonds is 0. The van der Waals surface area contributed by atoms with E-state index in [9.17, 15) is 0 Å². The molecule has 0 saturated carbocycles. The fraction of sp³-hybridized carbons (Fsp3) is 0.167. The Morgan fingerprint density at radius 1 is 1.13 bits per heavy atom. The molecule has 0 fully saturated rings. The smallest absolute Gasteiger partial charge is 0.0785 e. The van der Waals surface area contributed by atoms with Crippen LogP contribution in [0.15, 0.2) is 53.3 Å². The van der Waals surface area contributed by atoms with Crippen LogP contribution in [0.5, 0.6) is 0 Å². The molecular weight excluding hydrogens is 225 g/mol. The lowest BCUT2D eigenvalue weighted by atomic mass is 9.88. The van der Waals surface area contributed by atoms with Crippen LogP contribution in [0.4, 0.5) is 0 Å². The topological polar surface area (TPSA) is 12.4 Å². The van der Waals surface area contributed by atoms with Gasteiger partial charge in [0.1, 0.15) is 6.04 Å². The van der Waals surface area contributed by atoms with Crippen LogP contribution in [0.3, 0.4) is 0 Å². The van der Waals surface area contributed by atoms with Crippen molar-refractivity contribution in [2.45, 2.75) is 12.0 Å². The Morgan fingerprint density at radius 2 is 1.93 bits per heavy atom. The summed E-state index contributed by atoms with van der Waals surface area (Å²) in [7, 11) is -0.839. The summed E-state index contributed by atoms with van der Waals surface area (Å²) in [5, 5.41) is 1.22. The van der Waals surface area contributed by atoms with Crippen molar-refractivity contribution >= 4 is 23.6 Å². The molecule has 15 heavy (non-hydrogen) atoms. The average molecular weight is 235 g/mol. The number of hydrogen-bond donors (Lipinski definition) is 0. The predicted octanol–water partition coefficient (Wildman–Crippen LogP) is 3.72. The van der Waals surface area contributed by atoms with Crippen molar-refractivity contribution in [3.05, 3.63) is 54.1 Å². The molecule has 0 aromatic heterocycles. The molecule has 3 heteroatoms. The molecule has 0 N–H and O–H groups in total. The van der Waals surface area contributed by atoms with E-state index in [4.69, 9.17) is 11.2 Å². The normalized spacial score (nSPS) is 29.3. The van der Waals surface area contributed by atoms with Crippen molar-refractivity contribution in [3.63, 3.8) is 0 Å². The number of fused-ring (bicyclic) bond motifs is 3. The zero-order valence-electron chi connectivity index (χ0n) is 8.05. The Labute approximate surface area is 94.7 Å². The molecule has 1 aromatic rings. The van der Waals surface area contributed by atoms with Gasteiger partial charge in [0.25, 0.3) is 0 Å². The third-order valence-corrected chi connectivity index (χ3v) is 4.92. The summed E-state index contributed by atoms with van der Waals surface area (Å²) < 4.78 is 4.64. The minimum absolute atomic E-state index is 0.244. The highest BCUT2D eigenvalue weighted by atomic mass is 35.7. The molecule has 1 aromatic carbocycles. The van der Waals surface area contributed by atoms with Gasteiger partial charge in [-0.1, -0.05) is 47.2 Å². The summed E-state index contributed by atoms with van der Waals surface area (Å²) in [5.74, 6) is 0.392. The lowest BCUT2D eigenvalue weighted by Crippen LogP contribution is -2.23. The fourth-order valence-corrected chi connectivity index (χ4v) is 4.10. The number of allylic oxidation sites excluding steroid dienone is 2. The number of halogens is 1. The summed E-state index contributed by atoms with van der Waals surface area (Å²) in [6, 6.07) is 8.62. The summed E-state index contributed by atoms with van der Waals surface area (Å²) in [5.41, 5.74) is 1.35. The van der Waals surface area contributed by atoms with Gasteiger partial charge in [0.15, 0.2) is 16.5 Å². The average Bonchev–Trinajstić information content (AvgIpc) is 2.30. The van der Waals surface area contributed by atoms with Gasteiger partial charge in [-0.05, 0) is 6.07 Å². The molecule has 1 heterocycles. The van der Waals surface area contributed by atoms with E-state index in [1.54, 1.807) is 0 Å². The Bertz CT molecular complexity index is 490. The SMILES string of the molecule is Cl[P+]1=NC2C=CC=CC2c2ccccc21. The summed E-state index contributed by atoms with van der Waals surface area (Å²) in [6.45, 7) is 0. The first-order chi connectivity index (χ1) is 7.36. The second kappa shape index (κ2) is 3.59. The molecular formula is C12H10ClNP+. The van der Waals surface area contributed by atoms with E-state index < -0.39 is 7.07 Å². The van der Waals surface area contributed by atoms with E-state index in [1.165, 1.54) is 10.9 Å². The van der Waals surface area contributed by atoms with Crippen molar-refractivity contribution in [2.24, 2.45) is 4.74 Å².